The van der Waals surface area contributed by atoms with Crippen LogP contribution in [0.3, 0.4) is 0 Å². The number of amides is 1. The van der Waals surface area contributed by atoms with E-state index in [1.54, 1.807) is 0 Å². The zero-order valence-corrected chi connectivity index (χ0v) is 14.2. The topological polar surface area (TPSA) is 49.6 Å². The molecule has 1 aliphatic heterocycles. The third kappa shape index (κ3) is 3.49. The number of rotatable bonds is 4. The van der Waals surface area contributed by atoms with Crippen LogP contribution in [0, 0.1) is 11.8 Å². The Bertz CT molecular complexity index is 639. The summed E-state index contributed by atoms with van der Waals surface area (Å²) < 4.78 is 5.82. The largest absolute Gasteiger partial charge is 0.423 e. The average Bonchev–Trinajstić information content (AvgIpc) is 2.97. The van der Waals surface area contributed by atoms with Crippen LogP contribution < -0.4 is 4.90 Å². The smallest absolute Gasteiger partial charge is 0.298 e. The third-order valence-electron chi connectivity index (χ3n) is 4.41. The van der Waals surface area contributed by atoms with Crippen LogP contribution in [0.2, 0.25) is 0 Å². The van der Waals surface area contributed by atoms with Gasteiger partial charge in [-0.3, -0.25) is 4.79 Å². The molecule has 0 unspecified atom stereocenters. The summed E-state index contributed by atoms with van der Waals surface area (Å²) in [4.78, 5) is 21.1. The molecule has 0 spiro atoms. The van der Waals surface area contributed by atoms with Gasteiger partial charge in [0.15, 0.2) is 5.58 Å². The van der Waals surface area contributed by atoms with E-state index in [1.807, 2.05) is 36.2 Å². The molecule has 124 valence electrons. The first-order valence-electron chi connectivity index (χ1n) is 8.40. The van der Waals surface area contributed by atoms with Crippen molar-refractivity contribution in [2.75, 3.05) is 31.6 Å². The van der Waals surface area contributed by atoms with Gasteiger partial charge < -0.3 is 14.2 Å². The number of carbonyl (C=O) groups excluding carboxylic acids is 1. The molecular formula is C18H25N3O2. The Kier molecular flexibility index (Phi) is 4.55. The number of fused-ring (bicyclic) bond motifs is 1. The van der Waals surface area contributed by atoms with E-state index in [0.717, 1.165) is 43.6 Å². The second-order valence-corrected chi connectivity index (χ2v) is 6.84. The first-order chi connectivity index (χ1) is 11.0. The van der Waals surface area contributed by atoms with Crippen LogP contribution in [-0.4, -0.2) is 42.5 Å². The number of anilines is 1. The highest BCUT2D eigenvalue weighted by Gasteiger charge is 2.29. The van der Waals surface area contributed by atoms with E-state index in [4.69, 9.17) is 4.42 Å². The summed E-state index contributed by atoms with van der Waals surface area (Å²) in [5.74, 6) is 0.902. The van der Waals surface area contributed by atoms with Crippen molar-refractivity contribution in [1.82, 2.24) is 9.88 Å². The van der Waals surface area contributed by atoms with E-state index in [1.165, 1.54) is 0 Å². The molecule has 1 fully saturated rings. The molecule has 5 nitrogen and oxygen atoms in total. The first-order valence-corrected chi connectivity index (χ1v) is 8.40. The number of carbonyl (C=O) groups is 1. The molecule has 0 bridgehead atoms. The quantitative estimate of drug-likeness (QED) is 0.869. The Labute approximate surface area is 137 Å². The Hall–Kier alpha value is -2.04. The van der Waals surface area contributed by atoms with Gasteiger partial charge in [0.2, 0.25) is 5.91 Å². The fourth-order valence-corrected chi connectivity index (χ4v) is 3.26. The maximum Gasteiger partial charge on any atom is 0.298 e. The average molecular weight is 315 g/mol. The van der Waals surface area contributed by atoms with Gasteiger partial charge in [-0.15, -0.1) is 0 Å². The zero-order chi connectivity index (χ0) is 16.4. The summed E-state index contributed by atoms with van der Waals surface area (Å²) in [6.45, 7) is 6.74. The number of piperidine rings is 1. The minimum Gasteiger partial charge on any atom is -0.423 e. The van der Waals surface area contributed by atoms with Gasteiger partial charge in [0, 0.05) is 32.6 Å². The van der Waals surface area contributed by atoms with Crippen LogP contribution in [0.4, 0.5) is 6.01 Å². The molecule has 2 heterocycles. The molecule has 0 aliphatic carbocycles. The fourth-order valence-electron chi connectivity index (χ4n) is 3.26. The predicted molar refractivity (Wildman–Crippen MR) is 91.4 cm³/mol. The summed E-state index contributed by atoms with van der Waals surface area (Å²) in [7, 11) is 1.91. The van der Waals surface area contributed by atoms with Crippen molar-refractivity contribution < 1.29 is 9.21 Å². The van der Waals surface area contributed by atoms with Crippen molar-refractivity contribution in [2.24, 2.45) is 11.8 Å². The molecule has 1 aromatic heterocycles. The van der Waals surface area contributed by atoms with Crippen LogP contribution in [-0.2, 0) is 4.79 Å². The lowest BCUT2D eigenvalue weighted by atomic mass is 9.95. The molecule has 0 N–H and O–H groups in total. The molecule has 0 atom stereocenters. The van der Waals surface area contributed by atoms with Gasteiger partial charge in [-0.2, -0.15) is 4.98 Å². The SMILES string of the molecule is CC(C)CN(C)C(=O)C1CCN(c2nc3ccccc3o2)CC1. The lowest BCUT2D eigenvalue weighted by Gasteiger charge is -2.32. The molecular weight excluding hydrogens is 290 g/mol. The van der Waals surface area contributed by atoms with Crippen LogP contribution in [0.15, 0.2) is 28.7 Å². The minimum absolute atomic E-state index is 0.124. The van der Waals surface area contributed by atoms with Crippen molar-refractivity contribution >= 4 is 23.0 Å². The van der Waals surface area contributed by atoms with Crippen LogP contribution in [0.1, 0.15) is 26.7 Å². The standard InChI is InChI=1S/C18H25N3O2/c1-13(2)12-20(3)17(22)14-8-10-21(11-9-14)18-19-15-6-4-5-7-16(15)23-18/h4-7,13-14H,8-12H2,1-3H3. The molecule has 0 radical (unpaired) electrons. The van der Waals surface area contributed by atoms with E-state index in [9.17, 15) is 4.79 Å². The molecule has 23 heavy (non-hydrogen) atoms. The zero-order valence-electron chi connectivity index (χ0n) is 14.2. The van der Waals surface area contributed by atoms with Gasteiger partial charge in [0.05, 0.1) is 0 Å². The molecule has 1 aliphatic rings. The van der Waals surface area contributed by atoms with Gasteiger partial charge in [-0.05, 0) is 30.9 Å². The molecule has 1 saturated heterocycles. The van der Waals surface area contributed by atoms with Crippen LogP contribution in [0.5, 0.6) is 0 Å². The van der Waals surface area contributed by atoms with Gasteiger partial charge in [-0.25, -0.2) is 0 Å². The highest BCUT2D eigenvalue weighted by molar-refractivity contribution is 5.79. The third-order valence-corrected chi connectivity index (χ3v) is 4.41. The van der Waals surface area contributed by atoms with Crippen molar-refractivity contribution in [3.63, 3.8) is 0 Å². The van der Waals surface area contributed by atoms with Crippen molar-refractivity contribution in [3.8, 4) is 0 Å². The second kappa shape index (κ2) is 6.60. The van der Waals surface area contributed by atoms with Crippen LogP contribution in [0.25, 0.3) is 11.1 Å². The number of aromatic nitrogens is 1. The van der Waals surface area contributed by atoms with Gasteiger partial charge in [0.25, 0.3) is 6.01 Å². The van der Waals surface area contributed by atoms with E-state index in [-0.39, 0.29) is 11.8 Å². The maximum atomic E-state index is 12.5. The van der Waals surface area contributed by atoms with Gasteiger partial charge in [-0.1, -0.05) is 26.0 Å². The van der Waals surface area contributed by atoms with Crippen LogP contribution >= 0.6 is 0 Å². The Morgan fingerprint density at radius 3 is 2.70 bits per heavy atom. The lowest BCUT2D eigenvalue weighted by Crippen LogP contribution is -2.42. The maximum absolute atomic E-state index is 12.5. The molecule has 0 saturated carbocycles. The number of oxazole rings is 1. The number of hydrogen-bond acceptors (Lipinski definition) is 4. The van der Waals surface area contributed by atoms with Crippen molar-refractivity contribution in [3.05, 3.63) is 24.3 Å². The Morgan fingerprint density at radius 1 is 1.35 bits per heavy atom. The van der Waals surface area contributed by atoms with Gasteiger partial charge >= 0.3 is 0 Å². The van der Waals surface area contributed by atoms with E-state index in [2.05, 4.69) is 23.7 Å². The van der Waals surface area contributed by atoms with E-state index in [0.29, 0.717) is 11.9 Å². The predicted octanol–water partition coefficient (Wildman–Crippen LogP) is 3.16. The fraction of sp³-hybridized carbons (Fsp3) is 0.556. The first kappa shape index (κ1) is 15.8. The Balaban J connectivity index is 1.60. The van der Waals surface area contributed by atoms with Crippen molar-refractivity contribution in [2.45, 2.75) is 26.7 Å². The molecule has 5 heteroatoms. The highest BCUT2D eigenvalue weighted by Crippen LogP contribution is 2.27. The number of benzene rings is 1. The minimum atomic E-state index is 0.124. The van der Waals surface area contributed by atoms with E-state index < -0.39 is 0 Å². The van der Waals surface area contributed by atoms with Gasteiger partial charge in [0.1, 0.15) is 5.52 Å². The number of hydrogen-bond donors (Lipinski definition) is 0. The molecule has 1 aromatic carbocycles. The number of nitrogens with zero attached hydrogens (tertiary/aromatic N) is 3. The molecule has 1 amide bonds. The summed E-state index contributed by atoms with van der Waals surface area (Å²) in [5, 5.41) is 0. The van der Waals surface area contributed by atoms with E-state index >= 15 is 0 Å². The summed E-state index contributed by atoms with van der Waals surface area (Å²) >= 11 is 0. The van der Waals surface area contributed by atoms with Crippen molar-refractivity contribution in [1.29, 1.82) is 0 Å². The normalized spacial score (nSPS) is 16.3. The molecule has 3 rings (SSSR count). The monoisotopic (exact) mass is 315 g/mol. The molecule has 2 aromatic rings. The summed E-state index contributed by atoms with van der Waals surface area (Å²) in [6.07, 6.45) is 1.72. The lowest BCUT2D eigenvalue weighted by molar-refractivity contribution is -0.135. The summed E-state index contributed by atoms with van der Waals surface area (Å²) in [6, 6.07) is 8.48. The Morgan fingerprint density at radius 2 is 2.04 bits per heavy atom. The number of para-hydroxylation sites is 2. The highest BCUT2D eigenvalue weighted by atomic mass is 16.4. The second-order valence-electron chi connectivity index (χ2n) is 6.84. The summed E-state index contributed by atoms with van der Waals surface area (Å²) in [5.41, 5.74) is 1.70.